The van der Waals surface area contributed by atoms with E-state index in [9.17, 15) is 13.0 Å². The molecule has 0 radical (unpaired) electrons. The Labute approximate surface area is 159 Å². The molecule has 4 nitrogen and oxygen atoms in total. The van der Waals surface area contributed by atoms with Crippen LogP contribution in [0.25, 0.3) is 0 Å². The number of unbranched alkanes of at least 4 members (excludes halogenated alkanes) is 7. The summed E-state index contributed by atoms with van der Waals surface area (Å²) in [5.74, 6) is 0.0248. The normalized spacial score (nSPS) is 13.2. The van der Waals surface area contributed by atoms with Crippen molar-refractivity contribution in [1.82, 2.24) is 0 Å². The van der Waals surface area contributed by atoms with Gasteiger partial charge in [0, 0.05) is 5.92 Å². The van der Waals surface area contributed by atoms with E-state index >= 15 is 0 Å². The van der Waals surface area contributed by atoms with E-state index in [0.29, 0.717) is 0 Å². The SMILES string of the molecule is CCCC/C=C/C(CCCCCCCC)COS(=O)(=O)[O-].[Na+]. The summed E-state index contributed by atoms with van der Waals surface area (Å²) in [6.45, 7) is 4.30. The van der Waals surface area contributed by atoms with Crippen LogP contribution < -0.4 is 29.6 Å². The molecule has 0 aromatic carbocycles. The zero-order valence-corrected chi connectivity index (χ0v) is 17.4. The van der Waals surface area contributed by atoms with E-state index in [1.54, 1.807) is 0 Å². The predicted molar refractivity (Wildman–Crippen MR) is 85.8 cm³/mol. The molecule has 0 N–H and O–H groups in total. The van der Waals surface area contributed by atoms with Crippen LogP contribution in [-0.2, 0) is 14.6 Å². The summed E-state index contributed by atoms with van der Waals surface area (Å²) in [7, 11) is -4.58. The first-order valence-electron chi connectivity index (χ1n) is 8.26. The topological polar surface area (TPSA) is 66.4 Å². The van der Waals surface area contributed by atoms with Crippen molar-refractivity contribution in [3.8, 4) is 0 Å². The Balaban J connectivity index is 0. The van der Waals surface area contributed by atoms with Crippen molar-refractivity contribution in [2.24, 2.45) is 5.92 Å². The van der Waals surface area contributed by atoms with Crippen LogP contribution in [0.4, 0.5) is 0 Å². The third-order valence-electron chi connectivity index (χ3n) is 3.49. The van der Waals surface area contributed by atoms with Gasteiger partial charge in [-0.3, -0.25) is 4.18 Å². The maximum Gasteiger partial charge on any atom is 1.00 e. The molecular weight excluding hydrogens is 311 g/mol. The molecule has 0 saturated carbocycles. The van der Waals surface area contributed by atoms with Gasteiger partial charge in [-0.25, -0.2) is 8.42 Å². The van der Waals surface area contributed by atoms with Gasteiger partial charge < -0.3 is 4.55 Å². The molecule has 0 amide bonds. The van der Waals surface area contributed by atoms with Crippen LogP contribution >= 0.6 is 0 Å². The molecule has 0 aliphatic rings. The first-order valence-corrected chi connectivity index (χ1v) is 9.59. The largest absolute Gasteiger partial charge is 1.00 e. The van der Waals surface area contributed by atoms with Crippen LogP contribution in [-0.4, -0.2) is 19.6 Å². The Bertz CT molecular complexity index is 355. The summed E-state index contributed by atoms with van der Waals surface area (Å²) in [6, 6.07) is 0. The average molecular weight is 342 g/mol. The van der Waals surface area contributed by atoms with Crippen LogP contribution in [0.1, 0.15) is 78.1 Å². The van der Waals surface area contributed by atoms with Crippen molar-refractivity contribution in [3.63, 3.8) is 0 Å². The van der Waals surface area contributed by atoms with Crippen molar-refractivity contribution in [1.29, 1.82) is 0 Å². The molecule has 0 aromatic heterocycles. The van der Waals surface area contributed by atoms with Crippen LogP contribution in [0.3, 0.4) is 0 Å². The van der Waals surface area contributed by atoms with Crippen LogP contribution in [0.15, 0.2) is 12.2 Å². The van der Waals surface area contributed by atoms with E-state index in [2.05, 4.69) is 24.1 Å². The molecular formula is C16H31NaO4S. The van der Waals surface area contributed by atoms with Gasteiger partial charge in [-0.15, -0.1) is 0 Å². The molecule has 0 aliphatic carbocycles. The smallest absolute Gasteiger partial charge is 0.726 e. The van der Waals surface area contributed by atoms with Crippen LogP contribution in [0.2, 0.25) is 0 Å². The molecule has 6 heteroatoms. The van der Waals surface area contributed by atoms with Gasteiger partial charge in [0.1, 0.15) is 0 Å². The molecule has 1 unspecified atom stereocenters. The van der Waals surface area contributed by atoms with E-state index in [4.69, 9.17) is 0 Å². The van der Waals surface area contributed by atoms with E-state index in [1.165, 1.54) is 25.7 Å². The second kappa shape index (κ2) is 16.5. The van der Waals surface area contributed by atoms with Crippen molar-refractivity contribution in [2.75, 3.05) is 6.61 Å². The van der Waals surface area contributed by atoms with Gasteiger partial charge in [0.2, 0.25) is 10.4 Å². The van der Waals surface area contributed by atoms with Crippen LogP contribution in [0, 0.1) is 5.92 Å². The van der Waals surface area contributed by atoms with E-state index in [0.717, 1.165) is 38.5 Å². The fraction of sp³-hybridized carbons (Fsp3) is 0.875. The van der Waals surface area contributed by atoms with E-state index < -0.39 is 10.4 Å². The Morgan fingerprint density at radius 1 is 1.00 bits per heavy atom. The number of hydrogen-bond acceptors (Lipinski definition) is 4. The van der Waals surface area contributed by atoms with Gasteiger partial charge in [-0.1, -0.05) is 77.4 Å². The minimum absolute atomic E-state index is 0. The Morgan fingerprint density at radius 3 is 2.18 bits per heavy atom. The van der Waals surface area contributed by atoms with Gasteiger partial charge in [0.25, 0.3) is 0 Å². The number of rotatable bonds is 14. The standard InChI is InChI=1S/C16H32O4S.Na/c1-3-5-7-9-10-12-14-16(13-11-8-6-4-2)15-20-21(17,18)19;/h11,13,16H,3-10,12,14-15H2,1-2H3,(H,17,18,19);/q;+1/p-1/b13-11+;. The molecule has 0 aromatic rings. The molecule has 0 fully saturated rings. The molecule has 0 heterocycles. The summed E-state index contributed by atoms with van der Waals surface area (Å²) < 4.78 is 36.1. The first kappa shape index (κ1) is 24.9. The monoisotopic (exact) mass is 342 g/mol. The summed E-state index contributed by atoms with van der Waals surface area (Å²) >= 11 is 0. The zero-order valence-electron chi connectivity index (χ0n) is 14.6. The first-order chi connectivity index (χ1) is 9.99. The minimum atomic E-state index is -4.58. The van der Waals surface area contributed by atoms with Crippen LogP contribution in [0.5, 0.6) is 0 Å². The summed E-state index contributed by atoms with van der Waals surface area (Å²) in [5, 5.41) is 0. The summed E-state index contributed by atoms with van der Waals surface area (Å²) in [4.78, 5) is 0. The maximum atomic E-state index is 10.6. The zero-order chi connectivity index (χ0) is 16.0. The average Bonchev–Trinajstić information content (AvgIpc) is 2.42. The molecule has 1 atom stereocenters. The van der Waals surface area contributed by atoms with Crippen molar-refractivity contribution in [2.45, 2.75) is 78.1 Å². The maximum absolute atomic E-state index is 10.6. The molecule has 0 bridgehead atoms. The third-order valence-corrected chi connectivity index (χ3v) is 3.91. The number of allylic oxidation sites excluding steroid dienone is 1. The van der Waals surface area contributed by atoms with Crippen molar-refractivity contribution in [3.05, 3.63) is 12.2 Å². The van der Waals surface area contributed by atoms with Gasteiger partial charge >= 0.3 is 29.6 Å². The van der Waals surface area contributed by atoms with Gasteiger partial charge in [-0.05, 0) is 12.8 Å². The van der Waals surface area contributed by atoms with Gasteiger partial charge in [0.05, 0.1) is 6.61 Å². The Morgan fingerprint density at radius 2 is 1.59 bits per heavy atom. The van der Waals surface area contributed by atoms with Crippen molar-refractivity contribution >= 4 is 10.4 Å². The second-order valence-electron chi connectivity index (χ2n) is 5.58. The predicted octanol–water partition coefficient (Wildman–Crippen LogP) is 1.58. The van der Waals surface area contributed by atoms with Crippen molar-refractivity contribution < 1.29 is 46.7 Å². The second-order valence-corrected chi connectivity index (χ2v) is 6.63. The fourth-order valence-corrected chi connectivity index (χ4v) is 2.54. The molecule has 0 aliphatic heterocycles. The molecule has 0 saturated heterocycles. The van der Waals surface area contributed by atoms with Gasteiger partial charge in [-0.2, -0.15) is 0 Å². The van der Waals surface area contributed by atoms with Gasteiger partial charge in [0.15, 0.2) is 0 Å². The Hall–Kier alpha value is 0.610. The Kier molecular flexibility index (Phi) is 18.6. The van der Waals surface area contributed by atoms with E-state index in [1.807, 2.05) is 6.08 Å². The molecule has 22 heavy (non-hydrogen) atoms. The van der Waals surface area contributed by atoms with E-state index in [-0.39, 0.29) is 42.1 Å². The number of hydrogen-bond donors (Lipinski definition) is 0. The molecule has 0 spiro atoms. The molecule has 126 valence electrons. The summed E-state index contributed by atoms with van der Waals surface area (Å²) in [5.41, 5.74) is 0. The minimum Gasteiger partial charge on any atom is -0.726 e. The summed E-state index contributed by atoms with van der Waals surface area (Å²) in [6.07, 6.45) is 15.4. The third kappa shape index (κ3) is 18.7. The fourth-order valence-electron chi connectivity index (χ4n) is 2.20. The quantitative estimate of drug-likeness (QED) is 0.158. The molecule has 0 rings (SSSR count).